The molecule has 0 radical (unpaired) electrons. The normalized spacial score (nSPS) is 13.9. The van der Waals surface area contributed by atoms with Gasteiger partial charge < -0.3 is 42.1 Å². The van der Waals surface area contributed by atoms with E-state index < -0.39 is 60.2 Å². The van der Waals surface area contributed by atoms with Gasteiger partial charge in [-0.1, -0.05) is 38.1 Å². The molecule has 0 bridgehead atoms. The van der Waals surface area contributed by atoms with Crippen LogP contribution in [0.5, 0.6) is 11.5 Å². The SMILES string of the molecule is CC(C)C[C@H](NC(=O)[C@@H](N)Cc1ccc(O)cc1)C(=O)N[C@@H](CC(=O)O)C(=O)N[C@@H](Cc1ccc(O)cc1)C(=O)O. The number of hydrogen-bond donors (Lipinski definition) is 8. The molecule has 9 N–H and O–H groups in total. The molecular weight excluding hydrogens is 536 g/mol. The Bertz CT molecular complexity index is 1220. The van der Waals surface area contributed by atoms with Gasteiger partial charge in [0.05, 0.1) is 12.5 Å². The lowest BCUT2D eigenvalue weighted by molar-refractivity contribution is -0.143. The third-order valence-corrected chi connectivity index (χ3v) is 6.07. The van der Waals surface area contributed by atoms with Crippen LogP contribution in [-0.2, 0) is 36.8 Å². The summed E-state index contributed by atoms with van der Waals surface area (Å²) in [5.74, 6) is -5.41. The number of phenolic OH excluding ortho intramolecular Hbond substituents is 2. The van der Waals surface area contributed by atoms with Crippen LogP contribution in [0, 0.1) is 5.92 Å². The maximum absolute atomic E-state index is 13.2. The average molecular weight is 573 g/mol. The highest BCUT2D eigenvalue weighted by Crippen LogP contribution is 2.13. The van der Waals surface area contributed by atoms with Crippen LogP contribution in [-0.4, -0.2) is 74.3 Å². The molecule has 222 valence electrons. The molecular formula is C28H36N4O9. The van der Waals surface area contributed by atoms with Crippen molar-refractivity contribution in [2.45, 2.75) is 63.7 Å². The molecule has 0 heterocycles. The summed E-state index contributed by atoms with van der Waals surface area (Å²) in [6.45, 7) is 3.59. The second-order valence-corrected chi connectivity index (χ2v) is 10.1. The number of amides is 3. The van der Waals surface area contributed by atoms with Gasteiger partial charge in [-0.05, 0) is 54.2 Å². The Labute approximate surface area is 236 Å². The van der Waals surface area contributed by atoms with Gasteiger partial charge in [0.2, 0.25) is 17.7 Å². The molecule has 3 amide bonds. The number of phenols is 2. The first-order chi connectivity index (χ1) is 19.2. The van der Waals surface area contributed by atoms with Crippen LogP contribution in [0.1, 0.15) is 37.8 Å². The minimum atomic E-state index is -1.64. The van der Waals surface area contributed by atoms with Crippen LogP contribution in [0.2, 0.25) is 0 Å². The molecule has 0 aromatic heterocycles. The van der Waals surface area contributed by atoms with Gasteiger partial charge in [0, 0.05) is 6.42 Å². The van der Waals surface area contributed by atoms with E-state index in [4.69, 9.17) is 5.73 Å². The maximum Gasteiger partial charge on any atom is 0.326 e. The van der Waals surface area contributed by atoms with Crippen LogP contribution in [0.25, 0.3) is 0 Å². The lowest BCUT2D eigenvalue weighted by atomic mass is 10.0. The quantitative estimate of drug-likeness (QED) is 0.145. The number of carboxylic acid groups (broad SMARTS) is 2. The van der Waals surface area contributed by atoms with Gasteiger partial charge in [-0.3, -0.25) is 19.2 Å². The summed E-state index contributed by atoms with van der Waals surface area (Å²) in [7, 11) is 0. The number of nitrogens with one attached hydrogen (secondary N) is 3. The molecule has 2 aromatic carbocycles. The fraction of sp³-hybridized carbons (Fsp3) is 0.393. The molecule has 0 saturated heterocycles. The summed E-state index contributed by atoms with van der Waals surface area (Å²) in [6.07, 6.45) is -0.751. The summed E-state index contributed by atoms with van der Waals surface area (Å²) in [5, 5.41) is 44.9. The van der Waals surface area contributed by atoms with E-state index in [9.17, 15) is 44.4 Å². The van der Waals surface area contributed by atoms with Crippen molar-refractivity contribution in [2.24, 2.45) is 11.7 Å². The minimum absolute atomic E-state index is 0.0294. The van der Waals surface area contributed by atoms with Gasteiger partial charge >= 0.3 is 11.9 Å². The van der Waals surface area contributed by atoms with E-state index in [1.807, 2.05) is 0 Å². The summed E-state index contributed by atoms with van der Waals surface area (Å²) in [6, 6.07) is 6.43. The molecule has 2 rings (SSSR count). The smallest absolute Gasteiger partial charge is 0.326 e. The third-order valence-electron chi connectivity index (χ3n) is 6.07. The molecule has 2 aromatic rings. The molecule has 0 aliphatic carbocycles. The molecule has 0 unspecified atom stereocenters. The van der Waals surface area contributed by atoms with Crippen LogP contribution in [0.15, 0.2) is 48.5 Å². The maximum atomic E-state index is 13.2. The molecule has 0 aliphatic heterocycles. The molecule has 4 atom stereocenters. The largest absolute Gasteiger partial charge is 0.508 e. The molecule has 0 fully saturated rings. The van der Waals surface area contributed by atoms with Gasteiger partial charge in [-0.25, -0.2) is 4.79 Å². The Morgan fingerprint density at radius 1 is 0.683 bits per heavy atom. The zero-order valence-corrected chi connectivity index (χ0v) is 22.7. The second-order valence-electron chi connectivity index (χ2n) is 10.1. The lowest BCUT2D eigenvalue weighted by Gasteiger charge is -2.25. The summed E-state index contributed by atoms with van der Waals surface area (Å²) in [5.41, 5.74) is 7.18. The topological polar surface area (TPSA) is 228 Å². The predicted molar refractivity (Wildman–Crippen MR) is 147 cm³/mol. The average Bonchev–Trinajstić information content (AvgIpc) is 2.89. The number of aliphatic carboxylic acids is 2. The van der Waals surface area contributed by atoms with E-state index in [-0.39, 0.29) is 36.7 Å². The van der Waals surface area contributed by atoms with E-state index in [2.05, 4.69) is 16.0 Å². The van der Waals surface area contributed by atoms with E-state index in [0.717, 1.165) is 0 Å². The zero-order valence-electron chi connectivity index (χ0n) is 22.7. The summed E-state index contributed by atoms with van der Waals surface area (Å²) in [4.78, 5) is 62.2. The van der Waals surface area contributed by atoms with Crippen LogP contribution >= 0.6 is 0 Å². The Hall–Kier alpha value is -4.65. The first-order valence-corrected chi connectivity index (χ1v) is 12.9. The van der Waals surface area contributed by atoms with Gasteiger partial charge in [-0.15, -0.1) is 0 Å². The Morgan fingerprint density at radius 3 is 1.59 bits per heavy atom. The number of benzene rings is 2. The number of nitrogens with two attached hydrogens (primary N) is 1. The summed E-state index contributed by atoms with van der Waals surface area (Å²) < 4.78 is 0. The van der Waals surface area contributed by atoms with Crippen molar-refractivity contribution < 1.29 is 44.4 Å². The molecule has 0 spiro atoms. The van der Waals surface area contributed by atoms with Gasteiger partial charge in [0.25, 0.3) is 0 Å². The van der Waals surface area contributed by atoms with Gasteiger partial charge in [0.15, 0.2) is 0 Å². The number of carbonyl (C=O) groups is 5. The second kappa shape index (κ2) is 15.2. The van der Waals surface area contributed by atoms with Gasteiger partial charge in [-0.2, -0.15) is 0 Å². The van der Waals surface area contributed by atoms with E-state index in [0.29, 0.717) is 11.1 Å². The highest BCUT2D eigenvalue weighted by Gasteiger charge is 2.32. The first kappa shape index (κ1) is 32.6. The van der Waals surface area contributed by atoms with Crippen molar-refractivity contribution in [1.82, 2.24) is 16.0 Å². The number of rotatable bonds is 15. The standard InChI is InChI=1S/C28H36N4O9/c1-15(2)11-21(30-25(37)20(29)12-16-3-7-18(33)8-4-16)26(38)31-22(14-24(35)36)27(39)32-23(28(40)41)13-17-5-9-19(34)10-6-17/h3-10,15,20-23,33-34H,11-14,29H2,1-2H3,(H,30,37)(H,31,38)(H,32,39)(H,35,36)(H,40,41)/t20-,21-,22-,23-/m0/s1. The minimum Gasteiger partial charge on any atom is -0.508 e. The van der Waals surface area contributed by atoms with E-state index in [1.54, 1.807) is 26.0 Å². The molecule has 13 heteroatoms. The number of hydrogen-bond acceptors (Lipinski definition) is 8. The van der Waals surface area contributed by atoms with E-state index in [1.165, 1.54) is 36.4 Å². The predicted octanol–water partition coefficient (Wildman–Crippen LogP) is 0.270. The number of carboxylic acids is 2. The number of carbonyl (C=O) groups excluding carboxylic acids is 3. The lowest BCUT2D eigenvalue weighted by Crippen LogP contribution is -2.58. The third kappa shape index (κ3) is 11.2. The molecule has 41 heavy (non-hydrogen) atoms. The highest BCUT2D eigenvalue weighted by atomic mass is 16.4. The summed E-state index contributed by atoms with van der Waals surface area (Å²) >= 11 is 0. The Balaban J connectivity index is 2.13. The Morgan fingerprint density at radius 2 is 1.12 bits per heavy atom. The van der Waals surface area contributed by atoms with Gasteiger partial charge in [0.1, 0.15) is 29.6 Å². The van der Waals surface area contributed by atoms with E-state index >= 15 is 0 Å². The van der Waals surface area contributed by atoms with Crippen molar-refractivity contribution in [3.63, 3.8) is 0 Å². The molecule has 13 nitrogen and oxygen atoms in total. The fourth-order valence-corrected chi connectivity index (χ4v) is 3.96. The molecule has 0 aliphatic rings. The van der Waals surface area contributed by atoms with Crippen molar-refractivity contribution >= 4 is 29.7 Å². The molecule has 0 saturated carbocycles. The van der Waals surface area contributed by atoms with Crippen molar-refractivity contribution in [2.75, 3.05) is 0 Å². The van der Waals surface area contributed by atoms with Crippen LogP contribution in [0.3, 0.4) is 0 Å². The monoisotopic (exact) mass is 572 g/mol. The fourth-order valence-electron chi connectivity index (χ4n) is 3.96. The van der Waals surface area contributed by atoms with Crippen LogP contribution < -0.4 is 21.7 Å². The first-order valence-electron chi connectivity index (χ1n) is 12.9. The zero-order chi connectivity index (χ0) is 30.7. The highest BCUT2D eigenvalue weighted by molar-refractivity contribution is 5.95. The van der Waals surface area contributed by atoms with Crippen molar-refractivity contribution in [3.8, 4) is 11.5 Å². The number of aromatic hydroxyl groups is 2. The van der Waals surface area contributed by atoms with Crippen molar-refractivity contribution in [3.05, 3.63) is 59.7 Å². The van der Waals surface area contributed by atoms with Crippen LogP contribution in [0.4, 0.5) is 0 Å². The van der Waals surface area contributed by atoms with Crippen molar-refractivity contribution in [1.29, 1.82) is 0 Å². The Kier molecular flexibility index (Phi) is 12.1.